The SMILES string of the molecule is N#Cc1cc2c(cc1Br)CCC2=O. The van der Waals surface area contributed by atoms with Crippen LogP contribution in [0.3, 0.4) is 0 Å². The highest BCUT2D eigenvalue weighted by Crippen LogP contribution is 2.28. The topological polar surface area (TPSA) is 40.9 Å². The van der Waals surface area contributed by atoms with Crippen LogP contribution in [-0.2, 0) is 6.42 Å². The smallest absolute Gasteiger partial charge is 0.163 e. The molecule has 0 radical (unpaired) electrons. The van der Waals surface area contributed by atoms with E-state index in [9.17, 15) is 4.79 Å². The molecule has 64 valence electrons. The number of hydrogen-bond acceptors (Lipinski definition) is 2. The van der Waals surface area contributed by atoms with Gasteiger partial charge < -0.3 is 0 Å². The minimum absolute atomic E-state index is 0.152. The monoisotopic (exact) mass is 235 g/mol. The molecule has 1 aliphatic carbocycles. The summed E-state index contributed by atoms with van der Waals surface area (Å²) in [5.41, 5.74) is 2.31. The number of benzene rings is 1. The van der Waals surface area contributed by atoms with E-state index < -0.39 is 0 Å². The van der Waals surface area contributed by atoms with Gasteiger partial charge in [-0.3, -0.25) is 4.79 Å². The van der Waals surface area contributed by atoms with Gasteiger partial charge in [-0.2, -0.15) is 5.26 Å². The van der Waals surface area contributed by atoms with Crippen LogP contribution < -0.4 is 0 Å². The van der Waals surface area contributed by atoms with Gasteiger partial charge >= 0.3 is 0 Å². The highest BCUT2D eigenvalue weighted by molar-refractivity contribution is 9.10. The van der Waals surface area contributed by atoms with Crippen molar-refractivity contribution in [3.63, 3.8) is 0 Å². The van der Waals surface area contributed by atoms with E-state index in [2.05, 4.69) is 15.9 Å². The second kappa shape index (κ2) is 2.97. The molecule has 0 heterocycles. The van der Waals surface area contributed by atoms with Gasteiger partial charge in [0, 0.05) is 16.5 Å². The van der Waals surface area contributed by atoms with E-state index in [1.807, 2.05) is 12.1 Å². The van der Waals surface area contributed by atoms with E-state index in [0.29, 0.717) is 12.0 Å². The number of aryl methyl sites for hydroxylation is 1. The minimum atomic E-state index is 0.152. The summed E-state index contributed by atoms with van der Waals surface area (Å²) in [6.07, 6.45) is 1.38. The molecule has 0 amide bonds. The van der Waals surface area contributed by atoms with Crippen LogP contribution in [0.2, 0.25) is 0 Å². The van der Waals surface area contributed by atoms with Crippen molar-refractivity contribution in [1.29, 1.82) is 5.26 Å². The lowest BCUT2D eigenvalue weighted by Crippen LogP contribution is -1.92. The highest BCUT2D eigenvalue weighted by Gasteiger charge is 2.20. The summed E-state index contributed by atoms with van der Waals surface area (Å²) in [4.78, 5) is 11.3. The largest absolute Gasteiger partial charge is 0.294 e. The fourth-order valence-electron chi connectivity index (χ4n) is 1.55. The van der Waals surface area contributed by atoms with Gasteiger partial charge in [-0.1, -0.05) is 0 Å². The van der Waals surface area contributed by atoms with Crippen LogP contribution in [0.15, 0.2) is 16.6 Å². The van der Waals surface area contributed by atoms with Crippen LogP contribution in [-0.4, -0.2) is 5.78 Å². The van der Waals surface area contributed by atoms with Crippen LogP contribution in [0.25, 0.3) is 0 Å². The van der Waals surface area contributed by atoms with Crippen molar-refractivity contribution >= 4 is 21.7 Å². The standard InChI is InChI=1S/C10H6BrNO/c11-9-4-6-1-2-10(13)8(6)3-7(9)5-12/h3-4H,1-2H2. The van der Waals surface area contributed by atoms with Gasteiger partial charge in [0.25, 0.3) is 0 Å². The van der Waals surface area contributed by atoms with E-state index in [4.69, 9.17) is 5.26 Å². The molecule has 0 bridgehead atoms. The molecule has 0 N–H and O–H groups in total. The van der Waals surface area contributed by atoms with E-state index in [0.717, 1.165) is 22.0 Å². The van der Waals surface area contributed by atoms with Crippen molar-refractivity contribution in [1.82, 2.24) is 0 Å². The Labute approximate surface area is 84.3 Å². The number of Topliss-reactive ketones (excluding diaryl/α,β-unsaturated/α-hetero) is 1. The molecule has 0 aliphatic heterocycles. The average Bonchev–Trinajstić information content (AvgIpc) is 2.46. The molecule has 13 heavy (non-hydrogen) atoms. The second-order valence-corrected chi connectivity index (χ2v) is 3.88. The maximum absolute atomic E-state index is 11.3. The van der Waals surface area contributed by atoms with Gasteiger partial charge in [-0.15, -0.1) is 0 Å². The van der Waals surface area contributed by atoms with Gasteiger partial charge in [0.2, 0.25) is 0 Å². The summed E-state index contributed by atoms with van der Waals surface area (Å²) in [5.74, 6) is 0.152. The molecule has 0 fully saturated rings. The van der Waals surface area contributed by atoms with Crippen LogP contribution in [0.5, 0.6) is 0 Å². The summed E-state index contributed by atoms with van der Waals surface area (Å²) in [5, 5.41) is 8.74. The third kappa shape index (κ3) is 1.27. The normalized spacial score (nSPS) is 14.0. The van der Waals surface area contributed by atoms with Gasteiger partial charge in [0.15, 0.2) is 5.78 Å². The molecule has 1 aromatic carbocycles. The van der Waals surface area contributed by atoms with Crippen LogP contribution in [0.4, 0.5) is 0 Å². The zero-order valence-electron chi connectivity index (χ0n) is 6.80. The Morgan fingerprint density at radius 2 is 2.15 bits per heavy atom. The molecule has 0 saturated carbocycles. The van der Waals surface area contributed by atoms with Crippen LogP contribution in [0, 0.1) is 11.3 Å². The zero-order chi connectivity index (χ0) is 9.42. The lowest BCUT2D eigenvalue weighted by molar-refractivity contribution is 0.0994. The molecule has 0 atom stereocenters. The number of hydrogen-bond donors (Lipinski definition) is 0. The van der Waals surface area contributed by atoms with E-state index in [1.54, 1.807) is 6.07 Å². The fraction of sp³-hybridized carbons (Fsp3) is 0.200. The van der Waals surface area contributed by atoms with Crippen LogP contribution in [0.1, 0.15) is 27.9 Å². The minimum Gasteiger partial charge on any atom is -0.294 e. The number of carbonyl (C=O) groups excluding carboxylic acids is 1. The molecule has 0 unspecified atom stereocenters. The first kappa shape index (κ1) is 8.46. The van der Waals surface area contributed by atoms with Gasteiger partial charge in [0.05, 0.1) is 5.56 Å². The second-order valence-electron chi connectivity index (χ2n) is 3.02. The molecular formula is C10H6BrNO. The Hall–Kier alpha value is -1.14. The first-order valence-corrected chi connectivity index (χ1v) is 4.77. The Kier molecular flexibility index (Phi) is 1.93. The summed E-state index contributed by atoms with van der Waals surface area (Å²) in [6, 6.07) is 5.60. The van der Waals surface area contributed by atoms with Crippen LogP contribution >= 0.6 is 15.9 Å². The molecule has 3 heteroatoms. The number of ketones is 1. The Morgan fingerprint density at radius 3 is 2.85 bits per heavy atom. The lowest BCUT2D eigenvalue weighted by atomic mass is 10.1. The quantitative estimate of drug-likeness (QED) is 0.694. The Morgan fingerprint density at radius 1 is 1.38 bits per heavy atom. The van der Waals surface area contributed by atoms with Crippen molar-refractivity contribution in [3.05, 3.63) is 33.3 Å². The Balaban J connectivity index is 2.66. The molecular weight excluding hydrogens is 230 g/mol. The molecule has 0 aromatic heterocycles. The summed E-state index contributed by atoms with van der Waals surface area (Å²) in [6.45, 7) is 0. The lowest BCUT2D eigenvalue weighted by Gasteiger charge is -1.99. The molecule has 0 saturated heterocycles. The van der Waals surface area contributed by atoms with Gasteiger partial charge in [-0.25, -0.2) is 0 Å². The third-order valence-electron chi connectivity index (χ3n) is 2.24. The number of carbonyl (C=O) groups is 1. The fourth-order valence-corrected chi connectivity index (χ4v) is 2.03. The van der Waals surface area contributed by atoms with Crippen molar-refractivity contribution in [2.24, 2.45) is 0 Å². The molecule has 0 spiro atoms. The molecule has 1 aliphatic rings. The molecule has 2 rings (SSSR count). The number of nitriles is 1. The van der Waals surface area contributed by atoms with Crippen molar-refractivity contribution < 1.29 is 4.79 Å². The number of nitrogens with zero attached hydrogens (tertiary/aromatic N) is 1. The maximum Gasteiger partial charge on any atom is 0.163 e. The number of halogens is 1. The highest BCUT2D eigenvalue weighted by atomic mass is 79.9. The average molecular weight is 236 g/mol. The number of fused-ring (bicyclic) bond motifs is 1. The summed E-state index contributed by atoms with van der Waals surface area (Å²) < 4.78 is 0.781. The maximum atomic E-state index is 11.3. The summed E-state index contributed by atoms with van der Waals surface area (Å²) in [7, 11) is 0. The van der Waals surface area contributed by atoms with Crippen molar-refractivity contribution in [2.75, 3.05) is 0 Å². The van der Waals surface area contributed by atoms with E-state index in [1.165, 1.54) is 0 Å². The van der Waals surface area contributed by atoms with E-state index >= 15 is 0 Å². The summed E-state index contributed by atoms with van der Waals surface area (Å²) >= 11 is 3.30. The predicted octanol–water partition coefficient (Wildman–Crippen LogP) is 2.45. The number of rotatable bonds is 0. The first-order valence-electron chi connectivity index (χ1n) is 3.98. The molecule has 1 aromatic rings. The van der Waals surface area contributed by atoms with E-state index in [-0.39, 0.29) is 5.78 Å². The van der Waals surface area contributed by atoms with Crippen molar-refractivity contribution in [3.8, 4) is 6.07 Å². The first-order chi connectivity index (χ1) is 6.22. The van der Waals surface area contributed by atoms with Gasteiger partial charge in [-0.05, 0) is 40.0 Å². The van der Waals surface area contributed by atoms with Gasteiger partial charge in [0.1, 0.15) is 6.07 Å². The van der Waals surface area contributed by atoms with Crippen molar-refractivity contribution in [2.45, 2.75) is 12.8 Å². The Bertz CT molecular complexity index is 431. The third-order valence-corrected chi connectivity index (χ3v) is 2.89. The predicted molar refractivity (Wildman–Crippen MR) is 51.5 cm³/mol. The zero-order valence-corrected chi connectivity index (χ0v) is 8.39. The molecule has 2 nitrogen and oxygen atoms in total.